The third kappa shape index (κ3) is 4.50. The van der Waals surface area contributed by atoms with Crippen molar-refractivity contribution < 1.29 is 4.74 Å². The number of hydrogen-bond donors (Lipinski definition) is 0. The number of rotatable bonds is 6. The van der Waals surface area contributed by atoms with Crippen molar-refractivity contribution in [3.05, 3.63) is 78.7 Å². The van der Waals surface area contributed by atoms with Gasteiger partial charge in [0, 0.05) is 12.0 Å². The number of hydrogen-bond acceptors (Lipinski definition) is 7. The topological polar surface area (TPSA) is 67.9 Å². The summed E-state index contributed by atoms with van der Waals surface area (Å²) in [7, 11) is 1.60. The normalized spacial score (nSPS) is 12.9. The van der Waals surface area contributed by atoms with Gasteiger partial charge in [0.05, 0.1) is 27.9 Å². The molecule has 0 radical (unpaired) electrons. The lowest BCUT2D eigenvalue weighted by Crippen LogP contribution is -2.33. The van der Waals surface area contributed by atoms with E-state index >= 15 is 0 Å². The van der Waals surface area contributed by atoms with E-state index in [1.54, 1.807) is 23.4 Å². The molecule has 0 atom stereocenters. The first-order valence-electron chi connectivity index (χ1n) is 9.49. The predicted octanol–water partition coefficient (Wildman–Crippen LogP) is 3.44. The van der Waals surface area contributed by atoms with E-state index in [4.69, 9.17) is 4.74 Å². The molecule has 2 aromatic carbocycles. The van der Waals surface area contributed by atoms with Crippen molar-refractivity contribution >= 4 is 56.3 Å². The van der Waals surface area contributed by atoms with E-state index in [1.165, 1.54) is 22.7 Å². The Kier molecular flexibility index (Phi) is 6.68. The Bertz CT molecular complexity index is 1410. The molecular formula is C23H19N3O2S3. The van der Waals surface area contributed by atoms with Crippen LogP contribution in [0.4, 0.5) is 0 Å². The summed E-state index contributed by atoms with van der Waals surface area (Å²) in [5.41, 5.74) is 2.08. The smallest absolute Gasteiger partial charge is 0.269 e. The van der Waals surface area contributed by atoms with Gasteiger partial charge in [-0.25, -0.2) is 4.98 Å². The molecule has 0 aliphatic carbocycles. The van der Waals surface area contributed by atoms with Crippen LogP contribution in [0.3, 0.4) is 0 Å². The molecule has 5 nitrogen and oxygen atoms in total. The van der Waals surface area contributed by atoms with E-state index in [0.29, 0.717) is 32.9 Å². The fourth-order valence-corrected chi connectivity index (χ4v) is 5.67. The van der Waals surface area contributed by atoms with E-state index in [-0.39, 0.29) is 5.56 Å². The van der Waals surface area contributed by atoms with Crippen LogP contribution in [0.25, 0.3) is 21.9 Å². The Morgan fingerprint density at radius 3 is 2.68 bits per heavy atom. The van der Waals surface area contributed by atoms with Crippen LogP contribution in [0, 0.1) is 11.3 Å². The zero-order chi connectivity index (χ0) is 21.8. The average Bonchev–Trinajstić information content (AvgIpc) is 3.35. The highest BCUT2D eigenvalue weighted by Crippen LogP contribution is 2.25. The number of aromatic nitrogens is 2. The highest BCUT2D eigenvalue weighted by Gasteiger charge is 2.15. The number of methoxy groups -OCH3 is 1. The second-order valence-electron chi connectivity index (χ2n) is 6.61. The minimum atomic E-state index is -0.125. The lowest BCUT2D eigenvalue weighted by molar-refractivity contribution is 0.186. The van der Waals surface area contributed by atoms with Crippen LogP contribution in [-0.2, 0) is 11.3 Å². The van der Waals surface area contributed by atoms with E-state index in [1.807, 2.05) is 60.9 Å². The lowest BCUT2D eigenvalue weighted by Gasteiger charge is -2.01. The second-order valence-corrected chi connectivity index (χ2v) is 9.55. The Balaban J connectivity index is 1.94. The summed E-state index contributed by atoms with van der Waals surface area (Å²) in [5, 5.41) is 10.6. The second kappa shape index (κ2) is 9.62. The zero-order valence-electron chi connectivity index (χ0n) is 17.0. The fourth-order valence-electron chi connectivity index (χ4n) is 3.11. The van der Waals surface area contributed by atoms with Gasteiger partial charge in [-0.1, -0.05) is 24.3 Å². The quantitative estimate of drug-likeness (QED) is 0.408. The van der Waals surface area contributed by atoms with Crippen molar-refractivity contribution in [2.75, 3.05) is 20.0 Å². The van der Waals surface area contributed by atoms with Crippen molar-refractivity contribution in [2.45, 2.75) is 11.4 Å². The summed E-state index contributed by atoms with van der Waals surface area (Å²) in [6.07, 6.45) is 3.90. The summed E-state index contributed by atoms with van der Waals surface area (Å²) in [6.45, 7) is 0.751. The maximum absolute atomic E-state index is 13.2. The van der Waals surface area contributed by atoms with E-state index in [9.17, 15) is 10.1 Å². The molecule has 2 aromatic heterocycles. The monoisotopic (exact) mass is 465 g/mol. The molecule has 0 spiro atoms. The summed E-state index contributed by atoms with van der Waals surface area (Å²) < 4.78 is 9.02. The molecule has 31 heavy (non-hydrogen) atoms. The van der Waals surface area contributed by atoms with Crippen LogP contribution < -0.4 is 14.8 Å². The number of ether oxygens (including phenoxy) is 1. The molecule has 2 heterocycles. The van der Waals surface area contributed by atoms with Crippen LogP contribution in [0.2, 0.25) is 0 Å². The van der Waals surface area contributed by atoms with Gasteiger partial charge in [0.1, 0.15) is 21.3 Å². The average molecular weight is 466 g/mol. The number of nitrogens with zero attached hydrogens (tertiary/aromatic N) is 3. The molecule has 4 aromatic rings. The van der Waals surface area contributed by atoms with Crippen LogP contribution >= 0.6 is 34.4 Å². The van der Waals surface area contributed by atoms with Gasteiger partial charge in [-0.05, 0) is 42.2 Å². The Morgan fingerprint density at radius 2 is 2.00 bits per heavy atom. The van der Waals surface area contributed by atoms with Crippen molar-refractivity contribution in [3.63, 3.8) is 0 Å². The van der Waals surface area contributed by atoms with Crippen molar-refractivity contribution in [1.29, 1.82) is 5.26 Å². The molecule has 0 aliphatic heterocycles. The van der Waals surface area contributed by atoms with Crippen molar-refractivity contribution in [2.24, 2.45) is 0 Å². The molecular weight excluding hydrogens is 446 g/mol. The lowest BCUT2D eigenvalue weighted by atomic mass is 10.2. The largest absolute Gasteiger partial charge is 0.383 e. The third-order valence-corrected chi connectivity index (χ3v) is 7.60. The number of fused-ring (bicyclic) bond motifs is 1. The molecule has 8 heteroatoms. The maximum atomic E-state index is 13.2. The van der Waals surface area contributed by atoms with Gasteiger partial charge in [-0.2, -0.15) is 5.26 Å². The van der Waals surface area contributed by atoms with Gasteiger partial charge < -0.3 is 4.74 Å². The van der Waals surface area contributed by atoms with Gasteiger partial charge in [0.25, 0.3) is 5.56 Å². The molecule has 156 valence electrons. The summed E-state index contributed by atoms with van der Waals surface area (Å²) in [6, 6.07) is 18.1. The van der Waals surface area contributed by atoms with Gasteiger partial charge in [0.2, 0.25) is 0 Å². The van der Waals surface area contributed by atoms with E-state index in [0.717, 1.165) is 20.7 Å². The number of para-hydroxylation sites is 1. The SMILES string of the molecule is COCCn1c(=C(C#N)c2nc3ccccc3s2)sc(=Cc2ccc(SC)cc2)c1=O. The third-order valence-electron chi connectivity index (χ3n) is 4.67. The summed E-state index contributed by atoms with van der Waals surface area (Å²) >= 11 is 4.45. The maximum Gasteiger partial charge on any atom is 0.269 e. The van der Waals surface area contributed by atoms with Crippen LogP contribution in [0.1, 0.15) is 10.6 Å². The Hall–Kier alpha value is -2.70. The Morgan fingerprint density at radius 1 is 1.23 bits per heavy atom. The van der Waals surface area contributed by atoms with E-state index in [2.05, 4.69) is 11.1 Å². The summed E-state index contributed by atoms with van der Waals surface area (Å²) in [5.74, 6) is 0. The first-order valence-corrected chi connectivity index (χ1v) is 12.3. The highest BCUT2D eigenvalue weighted by atomic mass is 32.2. The standard InChI is InChI=1S/C23H19N3O2S3/c1-28-12-11-26-22(27)20(13-15-7-9-16(29-2)10-8-15)31-23(26)17(14-24)21-25-18-5-3-4-6-19(18)30-21/h3-10,13H,11-12H2,1-2H3. The number of nitriles is 1. The minimum absolute atomic E-state index is 0.125. The molecule has 0 unspecified atom stereocenters. The molecule has 0 fully saturated rings. The van der Waals surface area contributed by atoms with Gasteiger partial charge in [0.15, 0.2) is 0 Å². The fraction of sp³-hybridized carbons (Fsp3) is 0.174. The van der Waals surface area contributed by atoms with Crippen LogP contribution in [-0.4, -0.2) is 29.5 Å². The van der Waals surface area contributed by atoms with Gasteiger partial charge in [-0.15, -0.1) is 34.4 Å². The van der Waals surface area contributed by atoms with E-state index < -0.39 is 0 Å². The van der Waals surface area contributed by atoms with Crippen molar-refractivity contribution in [1.82, 2.24) is 9.55 Å². The first kappa shape index (κ1) is 21.5. The predicted molar refractivity (Wildman–Crippen MR) is 129 cm³/mol. The minimum Gasteiger partial charge on any atom is -0.383 e. The molecule has 0 saturated carbocycles. The molecule has 0 amide bonds. The molecule has 4 rings (SSSR count). The number of thioether (sulfide) groups is 1. The van der Waals surface area contributed by atoms with Crippen LogP contribution in [0.15, 0.2) is 58.2 Å². The van der Waals surface area contributed by atoms with Gasteiger partial charge in [-0.3, -0.25) is 9.36 Å². The number of thiazole rings is 2. The zero-order valence-corrected chi connectivity index (χ0v) is 19.4. The van der Waals surface area contributed by atoms with Crippen LogP contribution in [0.5, 0.6) is 0 Å². The first-order chi connectivity index (χ1) is 15.1. The highest BCUT2D eigenvalue weighted by molar-refractivity contribution is 7.98. The molecule has 0 N–H and O–H groups in total. The van der Waals surface area contributed by atoms with Gasteiger partial charge >= 0.3 is 0 Å². The molecule has 0 aliphatic rings. The van der Waals surface area contributed by atoms with Crippen molar-refractivity contribution in [3.8, 4) is 6.07 Å². The Labute approximate surface area is 191 Å². The molecule has 0 bridgehead atoms. The number of benzene rings is 2. The molecule has 0 saturated heterocycles. The summed E-state index contributed by atoms with van der Waals surface area (Å²) in [4.78, 5) is 19.0.